The second-order valence-electron chi connectivity index (χ2n) is 5.09. The van der Waals surface area contributed by atoms with Crippen LogP contribution in [-0.2, 0) is 0 Å². The lowest BCUT2D eigenvalue weighted by atomic mass is 9.95. The number of nitrogens with two attached hydrogens (primary N) is 1. The summed E-state index contributed by atoms with van der Waals surface area (Å²) >= 11 is 7.04. The smallest absolute Gasteiger partial charge is 0.0891 e. The number of likely N-dealkylation sites (tertiary alicyclic amines) is 1. The van der Waals surface area contributed by atoms with Gasteiger partial charge in [0.2, 0.25) is 0 Å². The molecule has 1 saturated heterocycles. The van der Waals surface area contributed by atoms with E-state index in [4.69, 9.17) is 18.0 Å². The van der Waals surface area contributed by atoms with E-state index >= 15 is 0 Å². The molecule has 1 fully saturated rings. The molecule has 0 bridgehead atoms. The van der Waals surface area contributed by atoms with Crippen molar-refractivity contribution in [2.45, 2.75) is 37.9 Å². The van der Waals surface area contributed by atoms with Crippen LogP contribution < -0.4 is 5.73 Å². The lowest BCUT2D eigenvalue weighted by Gasteiger charge is -2.40. The van der Waals surface area contributed by atoms with Crippen molar-refractivity contribution in [3.63, 3.8) is 0 Å². The molecule has 16 heavy (non-hydrogen) atoms. The van der Waals surface area contributed by atoms with Gasteiger partial charge in [-0.1, -0.05) is 26.1 Å². The predicted octanol–water partition coefficient (Wildman–Crippen LogP) is 2.52. The standard InChI is InChI=1S/C12H24N2S2/c1-10(2)4-7-14-8-5-12(16-3,6-9-14)11(13)15/h10H,4-9H2,1-3H3,(H2,13,15). The van der Waals surface area contributed by atoms with E-state index in [1.807, 2.05) is 11.8 Å². The van der Waals surface area contributed by atoms with Gasteiger partial charge in [0.15, 0.2) is 0 Å². The summed E-state index contributed by atoms with van der Waals surface area (Å²) in [5, 5.41) is 0. The number of hydrogen-bond donors (Lipinski definition) is 1. The van der Waals surface area contributed by atoms with Crippen molar-refractivity contribution in [2.75, 3.05) is 25.9 Å². The van der Waals surface area contributed by atoms with Crippen LogP contribution in [0.1, 0.15) is 33.1 Å². The molecule has 0 aliphatic carbocycles. The maximum Gasteiger partial charge on any atom is 0.0891 e. The van der Waals surface area contributed by atoms with Crippen LogP contribution in [0.5, 0.6) is 0 Å². The van der Waals surface area contributed by atoms with Gasteiger partial charge in [0.25, 0.3) is 0 Å². The zero-order chi connectivity index (χ0) is 12.2. The molecule has 0 atom stereocenters. The third-order valence-corrected chi connectivity index (χ3v) is 5.46. The Balaban J connectivity index is 2.40. The number of nitrogens with zero attached hydrogens (tertiary/aromatic N) is 1. The molecule has 1 rings (SSSR count). The van der Waals surface area contributed by atoms with E-state index in [0.717, 1.165) is 31.8 Å². The maximum atomic E-state index is 5.87. The lowest BCUT2D eigenvalue weighted by molar-refractivity contribution is 0.210. The van der Waals surface area contributed by atoms with E-state index < -0.39 is 0 Å². The summed E-state index contributed by atoms with van der Waals surface area (Å²) in [5.41, 5.74) is 5.87. The van der Waals surface area contributed by atoms with Gasteiger partial charge in [0.05, 0.1) is 9.74 Å². The van der Waals surface area contributed by atoms with Crippen molar-refractivity contribution in [1.29, 1.82) is 0 Å². The van der Waals surface area contributed by atoms with Gasteiger partial charge in [0.1, 0.15) is 0 Å². The van der Waals surface area contributed by atoms with Crippen molar-refractivity contribution in [1.82, 2.24) is 4.90 Å². The third kappa shape index (κ3) is 3.60. The summed E-state index contributed by atoms with van der Waals surface area (Å²) in [4.78, 5) is 3.25. The van der Waals surface area contributed by atoms with Gasteiger partial charge >= 0.3 is 0 Å². The van der Waals surface area contributed by atoms with Crippen LogP contribution in [0.3, 0.4) is 0 Å². The summed E-state index contributed by atoms with van der Waals surface area (Å²) in [6.07, 6.45) is 5.64. The molecular formula is C12H24N2S2. The number of thiocarbonyl (C=S) groups is 1. The topological polar surface area (TPSA) is 29.3 Å². The van der Waals surface area contributed by atoms with E-state index in [9.17, 15) is 0 Å². The highest BCUT2D eigenvalue weighted by Gasteiger charge is 2.36. The second-order valence-corrected chi connectivity index (χ2v) is 6.72. The fourth-order valence-electron chi connectivity index (χ4n) is 2.13. The average molecular weight is 260 g/mol. The molecule has 0 aromatic heterocycles. The first-order valence-electron chi connectivity index (χ1n) is 6.07. The summed E-state index contributed by atoms with van der Waals surface area (Å²) in [5.74, 6) is 0.794. The maximum absolute atomic E-state index is 5.87. The molecule has 2 nitrogen and oxygen atoms in total. The molecule has 94 valence electrons. The van der Waals surface area contributed by atoms with Crippen molar-refractivity contribution < 1.29 is 0 Å². The first kappa shape index (κ1) is 14.3. The van der Waals surface area contributed by atoms with Crippen molar-refractivity contribution in [2.24, 2.45) is 11.7 Å². The molecule has 2 N–H and O–H groups in total. The van der Waals surface area contributed by atoms with Gasteiger partial charge in [-0.05, 0) is 51.1 Å². The Labute approximate surface area is 109 Å². The molecule has 0 aromatic rings. The Morgan fingerprint density at radius 2 is 2.00 bits per heavy atom. The fourth-order valence-corrected chi connectivity index (χ4v) is 3.38. The number of thioether (sulfide) groups is 1. The minimum Gasteiger partial charge on any atom is -0.392 e. The Morgan fingerprint density at radius 1 is 1.44 bits per heavy atom. The molecular weight excluding hydrogens is 236 g/mol. The fraction of sp³-hybridized carbons (Fsp3) is 0.917. The van der Waals surface area contributed by atoms with Crippen LogP contribution in [0.4, 0.5) is 0 Å². The molecule has 0 amide bonds. The molecule has 0 unspecified atom stereocenters. The van der Waals surface area contributed by atoms with Crippen LogP contribution in [0.2, 0.25) is 0 Å². The molecule has 1 aliphatic rings. The van der Waals surface area contributed by atoms with E-state index in [1.165, 1.54) is 13.0 Å². The normalized spacial score (nSPS) is 21.2. The van der Waals surface area contributed by atoms with E-state index in [0.29, 0.717) is 4.99 Å². The Hall–Kier alpha value is 0.200. The van der Waals surface area contributed by atoms with Crippen LogP contribution >= 0.6 is 24.0 Å². The van der Waals surface area contributed by atoms with Crippen molar-refractivity contribution in [3.05, 3.63) is 0 Å². The highest BCUT2D eigenvalue weighted by Crippen LogP contribution is 2.34. The quantitative estimate of drug-likeness (QED) is 0.769. The monoisotopic (exact) mass is 260 g/mol. The molecule has 0 radical (unpaired) electrons. The largest absolute Gasteiger partial charge is 0.392 e. The van der Waals surface area contributed by atoms with Gasteiger partial charge in [0, 0.05) is 0 Å². The molecule has 0 aromatic carbocycles. The van der Waals surface area contributed by atoms with Crippen LogP contribution in [0.15, 0.2) is 0 Å². The van der Waals surface area contributed by atoms with E-state index in [1.54, 1.807) is 0 Å². The highest BCUT2D eigenvalue weighted by molar-refractivity contribution is 8.01. The van der Waals surface area contributed by atoms with Crippen LogP contribution in [0, 0.1) is 5.92 Å². The summed E-state index contributed by atoms with van der Waals surface area (Å²) in [7, 11) is 0. The van der Waals surface area contributed by atoms with Gasteiger partial charge in [-0.2, -0.15) is 11.8 Å². The Bertz CT molecular complexity index is 233. The number of hydrogen-bond acceptors (Lipinski definition) is 3. The SMILES string of the molecule is CSC1(C(N)=S)CCN(CCC(C)C)CC1. The van der Waals surface area contributed by atoms with Gasteiger partial charge in [-0.15, -0.1) is 0 Å². The van der Waals surface area contributed by atoms with Gasteiger partial charge < -0.3 is 10.6 Å². The first-order valence-corrected chi connectivity index (χ1v) is 7.71. The zero-order valence-corrected chi connectivity index (χ0v) is 12.3. The van der Waals surface area contributed by atoms with Crippen LogP contribution in [-0.4, -0.2) is 40.5 Å². The van der Waals surface area contributed by atoms with Crippen molar-refractivity contribution in [3.8, 4) is 0 Å². The average Bonchev–Trinajstić information content (AvgIpc) is 2.26. The first-order chi connectivity index (χ1) is 7.50. The van der Waals surface area contributed by atoms with Crippen LogP contribution in [0.25, 0.3) is 0 Å². The summed E-state index contributed by atoms with van der Waals surface area (Å²) in [6, 6.07) is 0. The molecule has 1 aliphatic heterocycles. The number of rotatable bonds is 5. The Morgan fingerprint density at radius 3 is 2.38 bits per heavy atom. The van der Waals surface area contributed by atoms with E-state index in [2.05, 4.69) is 25.0 Å². The van der Waals surface area contributed by atoms with Gasteiger partial charge in [-0.3, -0.25) is 0 Å². The Kier molecular flexibility index (Phi) is 5.54. The molecule has 4 heteroatoms. The zero-order valence-electron chi connectivity index (χ0n) is 10.7. The lowest BCUT2D eigenvalue weighted by Crippen LogP contribution is -2.49. The van der Waals surface area contributed by atoms with E-state index in [-0.39, 0.29) is 4.75 Å². The summed E-state index contributed by atoms with van der Waals surface area (Å²) in [6.45, 7) is 8.07. The minimum absolute atomic E-state index is 0.0731. The van der Waals surface area contributed by atoms with Crippen molar-refractivity contribution >= 4 is 29.0 Å². The number of piperidine rings is 1. The molecule has 1 heterocycles. The predicted molar refractivity (Wildman–Crippen MR) is 78.2 cm³/mol. The summed E-state index contributed by atoms with van der Waals surface area (Å²) < 4.78 is 0.0731. The van der Waals surface area contributed by atoms with Gasteiger partial charge in [-0.25, -0.2) is 0 Å². The highest BCUT2D eigenvalue weighted by atomic mass is 32.2. The molecule has 0 spiro atoms. The minimum atomic E-state index is 0.0731. The second kappa shape index (κ2) is 6.22. The molecule has 0 saturated carbocycles. The third-order valence-electron chi connectivity index (χ3n) is 3.53.